The van der Waals surface area contributed by atoms with Crippen LogP contribution in [0.4, 0.5) is 17.1 Å². The summed E-state index contributed by atoms with van der Waals surface area (Å²) >= 11 is 0. The van der Waals surface area contributed by atoms with E-state index in [9.17, 15) is 9.59 Å². The van der Waals surface area contributed by atoms with E-state index >= 15 is 0 Å². The minimum Gasteiger partial charge on any atom is -0.497 e. The van der Waals surface area contributed by atoms with Crippen molar-refractivity contribution in [2.75, 3.05) is 24.9 Å². The fourth-order valence-corrected chi connectivity index (χ4v) is 2.68. The molecule has 0 spiro atoms. The lowest BCUT2D eigenvalue weighted by molar-refractivity contribution is 0.101. The van der Waals surface area contributed by atoms with Gasteiger partial charge in [0, 0.05) is 29.2 Å². The highest BCUT2D eigenvalue weighted by Gasteiger charge is 2.12. The van der Waals surface area contributed by atoms with E-state index in [2.05, 4.69) is 15.6 Å². The maximum Gasteiger partial charge on any atom is 0.274 e. The van der Waals surface area contributed by atoms with Crippen molar-refractivity contribution in [1.29, 1.82) is 0 Å². The quantitative estimate of drug-likeness (QED) is 0.584. The second-order valence-electron chi connectivity index (χ2n) is 6.21. The van der Waals surface area contributed by atoms with Gasteiger partial charge in [-0.3, -0.25) is 14.6 Å². The van der Waals surface area contributed by atoms with E-state index in [0.29, 0.717) is 28.4 Å². The maximum atomic E-state index is 12.6. The van der Waals surface area contributed by atoms with Crippen LogP contribution in [-0.2, 0) is 0 Å². The molecule has 7 nitrogen and oxygen atoms in total. The third-order valence-electron chi connectivity index (χ3n) is 4.23. The molecule has 1 aromatic heterocycles. The highest BCUT2D eigenvalue weighted by Crippen LogP contribution is 2.29. The smallest absolute Gasteiger partial charge is 0.274 e. The first kappa shape index (κ1) is 19.9. The molecule has 0 aliphatic carbocycles. The van der Waals surface area contributed by atoms with E-state index in [-0.39, 0.29) is 17.4 Å². The number of Topliss-reactive ketones (excluding diaryl/α,β-unsaturated/α-hetero) is 1. The molecular formula is C22H21N3O4. The van der Waals surface area contributed by atoms with E-state index in [1.165, 1.54) is 14.0 Å². The van der Waals surface area contributed by atoms with Crippen LogP contribution in [-0.4, -0.2) is 30.9 Å². The molecule has 3 aromatic rings. The molecule has 1 amide bonds. The lowest BCUT2D eigenvalue weighted by atomic mass is 10.1. The van der Waals surface area contributed by atoms with Crippen LogP contribution in [0.2, 0.25) is 0 Å². The molecule has 0 aliphatic rings. The monoisotopic (exact) mass is 391 g/mol. The molecule has 0 unspecified atom stereocenters. The van der Waals surface area contributed by atoms with Gasteiger partial charge in [-0.15, -0.1) is 0 Å². The Morgan fingerprint density at radius 2 is 1.66 bits per heavy atom. The summed E-state index contributed by atoms with van der Waals surface area (Å²) in [6.45, 7) is 1.52. The van der Waals surface area contributed by atoms with Crippen molar-refractivity contribution >= 4 is 28.8 Å². The molecule has 148 valence electrons. The number of benzene rings is 2. The Morgan fingerprint density at radius 1 is 0.897 bits per heavy atom. The summed E-state index contributed by atoms with van der Waals surface area (Å²) in [7, 11) is 3.08. The van der Waals surface area contributed by atoms with Gasteiger partial charge in [0.1, 0.15) is 17.2 Å². The zero-order valence-corrected chi connectivity index (χ0v) is 16.4. The van der Waals surface area contributed by atoms with E-state index in [4.69, 9.17) is 9.47 Å². The molecule has 0 saturated heterocycles. The number of nitrogens with one attached hydrogen (secondary N) is 2. The van der Waals surface area contributed by atoms with Crippen molar-refractivity contribution in [3.05, 3.63) is 72.1 Å². The molecular weight excluding hydrogens is 370 g/mol. The topological polar surface area (TPSA) is 89.6 Å². The molecule has 7 heteroatoms. The number of carbonyl (C=O) groups is 2. The summed E-state index contributed by atoms with van der Waals surface area (Å²) in [6, 6.07) is 15.6. The number of pyridine rings is 1. The second kappa shape index (κ2) is 8.88. The van der Waals surface area contributed by atoms with Crippen molar-refractivity contribution in [2.45, 2.75) is 6.92 Å². The van der Waals surface area contributed by atoms with Crippen molar-refractivity contribution in [1.82, 2.24) is 4.98 Å². The summed E-state index contributed by atoms with van der Waals surface area (Å²) in [5.74, 6) is 0.745. The van der Waals surface area contributed by atoms with Gasteiger partial charge in [-0.1, -0.05) is 0 Å². The Kier molecular flexibility index (Phi) is 6.09. The Balaban J connectivity index is 1.75. The molecule has 0 saturated carbocycles. The predicted octanol–water partition coefficient (Wildman–Crippen LogP) is 4.30. The van der Waals surface area contributed by atoms with Crippen LogP contribution in [0.15, 0.2) is 60.8 Å². The SMILES string of the molecule is COc1ccc(NC(=O)c2cc(Nc3ccc(C(C)=O)cc3)ccn2)c(OC)c1. The minimum atomic E-state index is -0.371. The van der Waals surface area contributed by atoms with Crippen LogP contribution in [0.3, 0.4) is 0 Å². The first-order valence-electron chi connectivity index (χ1n) is 8.87. The van der Waals surface area contributed by atoms with Gasteiger partial charge in [-0.25, -0.2) is 0 Å². The lowest BCUT2D eigenvalue weighted by Gasteiger charge is -2.12. The lowest BCUT2D eigenvalue weighted by Crippen LogP contribution is -2.14. The molecule has 3 rings (SSSR count). The third kappa shape index (κ3) is 4.90. The van der Waals surface area contributed by atoms with Crippen LogP contribution in [0, 0.1) is 0 Å². The molecule has 0 aliphatic heterocycles. The van der Waals surface area contributed by atoms with Gasteiger partial charge in [0.15, 0.2) is 5.78 Å². The second-order valence-corrected chi connectivity index (χ2v) is 6.21. The standard InChI is InChI=1S/C22H21N3O4/c1-14(26)15-4-6-16(7-5-15)24-17-10-11-23-20(12-17)22(27)25-19-9-8-18(28-2)13-21(19)29-3/h4-13H,1-3H3,(H,23,24)(H,25,27). The minimum absolute atomic E-state index is 0.00776. The fraction of sp³-hybridized carbons (Fsp3) is 0.136. The normalized spacial score (nSPS) is 10.2. The summed E-state index contributed by atoms with van der Waals surface area (Å²) in [4.78, 5) is 28.2. The van der Waals surface area contributed by atoms with Gasteiger partial charge in [0.25, 0.3) is 5.91 Å². The van der Waals surface area contributed by atoms with Crippen LogP contribution in [0.5, 0.6) is 11.5 Å². The number of carbonyl (C=O) groups excluding carboxylic acids is 2. The first-order chi connectivity index (χ1) is 14.0. The molecule has 0 radical (unpaired) electrons. The Hall–Kier alpha value is -3.87. The molecule has 0 fully saturated rings. The van der Waals surface area contributed by atoms with E-state index in [1.54, 1.807) is 67.9 Å². The number of nitrogens with zero attached hydrogens (tertiary/aromatic N) is 1. The van der Waals surface area contributed by atoms with Crippen LogP contribution < -0.4 is 20.1 Å². The van der Waals surface area contributed by atoms with Gasteiger partial charge < -0.3 is 20.1 Å². The van der Waals surface area contributed by atoms with Crippen molar-refractivity contribution in [2.24, 2.45) is 0 Å². The average molecular weight is 391 g/mol. The Labute approximate surface area is 168 Å². The summed E-state index contributed by atoms with van der Waals surface area (Å²) in [5.41, 5.74) is 2.89. The van der Waals surface area contributed by atoms with Crippen LogP contribution in [0.25, 0.3) is 0 Å². The van der Waals surface area contributed by atoms with Crippen molar-refractivity contribution < 1.29 is 19.1 Å². The average Bonchev–Trinajstić information content (AvgIpc) is 2.74. The number of rotatable bonds is 7. The number of methoxy groups -OCH3 is 2. The number of anilines is 3. The predicted molar refractivity (Wildman–Crippen MR) is 111 cm³/mol. The summed E-state index contributed by atoms with van der Waals surface area (Å²) in [5, 5.41) is 5.99. The summed E-state index contributed by atoms with van der Waals surface area (Å²) < 4.78 is 10.5. The van der Waals surface area contributed by atoms with Gasteiger partial charge in [-0.2, -0.15) is 0 Å². The van der Waals surface area contributed by atoms with E-state index in [1.807, 2.05) is 0 Å². The number of aromatic nitrogens is 1. The number of ether oxygens (including phenoxy) is 2. The molecule has 0 atom stereocenters. The Morgan fingerprint density at radius 3 is 2.31 bits per heavy atom. The maximum absolute atomic E-state index is 12.6. The van der Waals surface area contributed by atoms with E-state index < -0.39 is 0 Å². The molecule has 29 heavy (non-hydrogen) atoms. The van der Waals surface area contributed by atoms with Gasteiger partial charge in [0.05, 0.1) is 19.9 Å². The third-order valence-corrected chi connectivity index (χ3v) is 4.23. The fourth-order valence-electron chi connectivity index (χ4n) is 2.68. The molecule has 2 N–H and O–H groups in total. The number of ketones is 1. The molecule has 2 aromatic carbocycles. The number of hydrogen-bond acceptors (Lipinski definition) is 6. The van der Waals surface area contributed by atoms with Crippen LogP contribution in [0.1, 0.15) is 27.8 Å². The van der Waals surface area contributed by atoms with Gasteiger partial charge in [0.2, 0.25) is 0 Å². The number of hydrogen-bond donors (Lipinski definition) is 2. The van der Waals surface area contributed by atoms with Crippen molar-refractivity contribution in [3.63, 3.8) is 0 Å². The highest BCUT2D eigenvalue weighted by molar-refractivity contribution is 6.04. The zero-order chi connectivity index (χ0) is 20.8. The highest BCUT2D eigenvalue weighted by atomic mass is 16.5. The van der Waals surface area contributed by atoms with Gasteiger partial charge in [-0.05, 0) is 55.5 Å². The molecule has 0 bridgehead atoms. The largest absolute Gasteiger partial charge is 0.497 e. The first-order valence-corrected chi connectivity index (χ1v) is 8.87. The molecule has 1 heterocycles. The summed E-state index contributed by atoms with van der Waals surface area (Å²) in [6.07, 6.45) is 1.55. The number of amides is 1. The van der Waals surface area contributed by atoms with Crippen LogP contribution >= 0.6 is 0 Å². The van der Waals surface area contributed by atoms with Crippen molar-refractivity contribution in [3.8, 4) is 11.5 Å². The zero-order valence-electron chi connectivity index (χ0n) is 16.4. The van der Waals surface area contributed by atoms with E-state index in [0.717, 1.165) is 5.69 Å². The Bertz CT molecular complexity index is 1030. The van der Waals surface area contributed by atoms with Gasteiger partial charge >= 0.3 is 0 Å².